The summed E-state index contributed by atoms with van der Waals surface area (Å²) in [6, 6.07) is 5.65. The topological polar surface area (TPSA) is 39.1 Å². The smallest absolute Gasteiger partial charge is 0.125 e. The maximum absolute atomic E-state index is 6.04. The van der Waals surface area contributed by atoms with Crippen molar-refractivity contribution in [2.24, 2.45) is 7.05 Å². The molecule has 1 N–H and O–H groups in total. The van der Waals surface area contributed by atoms with Crippen LogP contribution in [0.2, 0.25) is 5.02 Å². The zero-order valence-corrected chi connectivity index (χ0v) is 14.0. The summed E-state index contributed by atoms with van der Waals surface area (Å²) in [6.07, 6.45) is 1.79. The van der Waals surface area contributed by atoms with E-state index in [-0.39, 0.29) is 6.04 Å². The molecule has 1 atom stereocenters. The van der Waals surface area contributed by atoms with Gasteiger partial charge in [0.2, 0.25) is 0 Å². The molecular formula is C14H17BrClN3O. The van der Waals surface area contributed by atoms with E-state index in [0.29, 0.717) is 5.02 Å². The van der Waals surface area contributed by atoms with Crippen molar-refractivity contribution in [3.8, 4) is 5.75 Å². The Kier molecular flexibility index (Phi) is 5.07. The molecule has 6 heteroatoms. The number of aryl methyl sites for hydroxylation is 1. The Bertz CT molecular complexity index is 581. The fourth-order valence-corrected chi connectivity index (χ4v) is 2.97. The zero-order valence-electron chi connectivity index (χ0n) is 11.7. The number of ether oxygens (including phenoxy) is 1. The van der Waals surface area contributed by atoms with Crippen LogP contribution in [0, 0.1) is 0 Å². The number of nitrogens with one attached hydrogen (secondary N) is 1. The number of hydrogen-bond acceptors (Lipinski definition) is 3. The largest absolute Gasteiger partial charge is 0.496 e. The van der Waals surface area contributed by atoms with E-state index in [1.165, 1.54) is 0 Å². The Labute approximate surface area is 132 Å². The third kappa shape index (κ3) is 3.00. The van der Waals surface area contributed by atoms with E-state index in [9.17, 15) is 0 Å². The van der Waals surface area contributed by atoms with Crippen LogP contribution in [0.3, 0.4) is 0 Å². The number of rotatable bonds is 5. The predicted molar refractivity (Wildman–Crippen MR) is 84.4 cm³/mol. The summed E-state index contributed by atoms with van der Waals surface area (Å²) >= 11 is 9.59. The van der Waals surface area contributed by atoms with Crippen molar-refractivity contribution in [1.29, 1.82) is 0 Å². The molecule has 0 aliphatic rings. The first-order valence-electron chi connectivity index (χ1n) is 6.32. The molecule has 2 rings (SSSR count). The van der Waals surface area contributed by atoms with Crippen molar-refractivity contribution < 1.29 is 4.74 Å². The number of aromatic nitrogens is 2. The summed E-state index contributed by atoms with van der Waals surface area (Å²) in [6.45, 7) is 2.90. The van der Waals surface area contributed by atoms with Gasteiger partial charge in [-0.15, -0.1) is 0 Å². The van der Waals surface area contributed by atoms with Gasteiger partial charge in [-0.25, -0.2) is 0 Å². The van der Waals surface area contributed by atoms with Crippen molar-refractivity contribution in [1.82, 2.24) is 15.1 Å². The minimum absolute atomic E-state index is 0.0194. The lowest BCUT2D eigenvalue weighted by Gasteiger charge is -2.21. The SMILES string of the molecule is CCNC(c1ccc(Cl)cc1OC)c1c(Br)cnn1C. The maximum atomic E-state index is 6.04. The fourth-order valence-electron chi connectivity index (χ4n) is 2.23. The van der Waals surface area contributed by atoms with Gasteiger partial charge in [0.25, 0.3) is 0 Å². The molecule has 0 fully saturated rings. The third-order valence-electron chi connectivity index (χ3n) is 3.13. The predicted octanol–water partition coefficient (Wildman–Crippen LogP) is 3.54. The van der Waals surface area contributed by atoms with Crippen molar-refractivity contribution in [2.45, 2.75) is 13.0 Å². The minimum Gasteiger partial charge on any atom is -0.496 e. The van der Waals surface area contributed by atoms with E-state index >= 15 is 0 Å². The highest BCUT2D eigenvalue weighted by Gasteiger charge is 2.23. The second kappa shape index (κ2) is 6.61. The first-order valence-corrected chi connectivity index (χ1v) is 7.49. The molecule has 0 radical (unpaired) electrons. The molecule has 20 heavy (non-hydrogen) atoms. The van der Waals surface area contributed by atoms with Gasteiger partial charge in [-0.1, -0.05) is 24.6 Å². The first-order chi connectivity index (χ1) is 9.58. The molecule has 2 aromatic rings. The zero-order chi connectivity index (χ0) is 14.7. The Morgan fingerprint density at radius 2 is 2.25 bits per heavy atom. The van der Waals surface area contributed by atoms with Crippen LogP contribution in [0.4, 0.5) is 0 Å². The van der Waals surface area contributed by atoms with Gasteiger partial charge >= 0.3 is 0 Å². The molecule has 0 spiro atoms. The van der Waals surface area contributed by atoms with Crippen LogP contribution in [0.15, 0.2) is 28.9 Å². The molecule has 108 valence electrons. The Morgan fingerprint density at radius 1 is 1.50 bits per heavy atom. The molecule has 0 bridgehead atoms. The highest BCUT2D eigenvalue weighted by Crippen LogP contribution is 2.34. The van der Waals surface area contributed by atoms with Crippen LogP contribution in [-0.4, -0.2) is 23.4 Å². The van der Waals surface area contributed by atoms with Crippen LogP contribution in [0.5, 0.6) is 5.75 Å². The van der Waals surface area contributed by atoms with Crippen molar-refractivity contribution in [3.05, 3.63) is 45.1 Å². The summed E-state index contributed by atoms with van der Waals surface area (Å²) in [4.78, 5) is 0. The second-order valence-electron chi connectivity index (χ2n) is 4.38. The van der Waals surface area contributed by atoms with Gasteiger partial charge in [-0.3, -0.25) is 4.68 Å². The molecule has 1 unspecified atom stereocenters. The summed E-state index contributed by atoms with van der Waals surface area (Å²) in [7, 11) is 3.57. The molecule has 0 amide bonds. The minimum atomic E-state index is -0.0194. The van der Waals surface area contributed by atoms with E-state index in [4.69, 9.17) is 16.3 Å². The highest BCUT2D eigenvalue weighted by atomic mass is 79.9. The number of benzene rings is 1. The van der Waals surface area contributed by atoms with Crippen LogP contribution >= 0.6 is 27.5 Å². The van der Waals surface area contributed by atoms with Crippen LogP contribution in [-0.2, 0) is 7.05 Å². The Morgan fingerprint density at radius 3 is 2.80 bits per heavy atom. The molecule has 0 aliphatic heterocycles. The van der Waals surface area contributed by atoms with Gasteiger partial charge in [0.05, 0.1) is 29.5 Å². The summed E-state index contributed by atoms with van der Waals surface area (Å²) in [5, 5.41) is 8.40. The van der Waals surface area contributed by atoms with Gasteiger partial charge in [0.1, 0.15) is 5.75 Å². The molecule has 0 aliphatic carbocycles. The number of methoxy groups -OCH3 is 1. The second-order valence-corrected chi connectivity index (χ2v) is 5.67. The maximum Gasteiger partial charge on any atom is 0.125 e. The summed E-state index contributed by atoms with van der Waals surface area (Å²) < 4.78 is 8.28. The lowest BCUT2D eigenvalue weighted by Crippen LogP contribution is -2.25. The molecular weight excluding hydrogens is 342 g/mol. The van der Waals surface area contributed by atoms with E-state index < -0.39 is 0 Å². The van der Waals surface area contributed by atoms with E-state index in [2.05, 4.69) is 33.3 Å². The molecule has 0 saturated carbocycles. The number of halogens is 2. The highest BCUT2D eigenvalue weighted by molar-refractivity contribution is 9.10. The normalized spacial score (nSPS) is 12.4. The molecule has 4 nitrogen and oxygen atoms in total. The Balaban J connectivity index is 2.54. The molecule has 1 aromatic heterocycles. The van der Waals surface area contributed by atoms with Gasteiger partial charge < -0.3 is 10.1 Å². The van der Waals surface area contributed by atoms with Crippen LogP contribution < -0.4 is 10.1 Å². The van der Waals surface area contributed by atoms with E-state index in [1.54, 1.807) is 13.3 Å². The summed E-state index contributed by atoms with van der Waals surface area (Å²) in [5.41, 5.74) is 2.08. The van der Waals surface area contributed by atoms with Gasteiger partial charge in [-0.2, -0.15) is 5.10 Å². The quantitative estimate of drug-likeness (QED) is 0.888. The average Bonchev–Trinajstić information content (AvgIpc) is 2.76. The number of nitrogens with zero attached hydrogens (tertiary/aromatic N) is 2. The average molecular weight is 359 g/mol. The summed E-state index contributed by atoms with van der Waals surface area (Å²) in [5.74, 6) is 0.761. The van der Waals surface area contributed by atoms with Gasteiger partial charge in [0.15, 0.2) is 0 Å². The lowest BCUT2D eigenvalue weighted by atomic mass is 10.0. The van der Waals surface area contributed by atoms with Crippen LogP contribution in [0.25, 0.3) is 0 Å². The standard InChI is InChI=1S/C14H17BrClN3O/c1-4-17-13(14-11(15)8-18-19(14)2)10-6-5-9(16)7-12(10)20-3/h5-8,13,17H,4H2,1-3H3. The molecule has 0 saturated heterocycles. The monoisotopic (exact) mass is 357 g/mol. The van der Waals surface area contributed by atoms with E-state index in [0.717, 1.165) is 28.0 Å². The van der Waals surface area contributed by atoms with E-state index in [1.807, 2.05) is 29.9 Å². The van der Waals surface area contributed by atoms with Gasteiger partial charge in [-0.05, 0) is 34.6 Å². The van der Waals surface area contributed by atoms with Crippen molar-refractivity contribution in [2.75, 3.05) is 13.7 Å². The van der Waals surface area contributed by atoms with Crippen LogP contribution in [0.1, 0.15) is 24.2 Å². The number of hydrogen-bond donors (Lipinski definition) is 1. The lowest BCUT2D eigenvalue weighted by molar-refractivity contribution is 0.402. The Hall–Kier alpha value is -1.04. The van der Waals surface area contributed by atoms with Gasteiger partial charge in [0, 0.05) is 17.6 Å². The first kappa shape index (κ1) is 15.4. The fraction of sp³-hybridized carbons (Fsp3) is 0.357. The third-order valence-corrected chi connectivity index (χ3v) is 3.97. The molecule has 1 aromatic carbocycles. The van der Waals surface area contributed by atoms with Crippen molar-refractivity contribution >= 4 is 27.5 Å². The molecule has 1 heterocycles. The van der Waals surface area contributed by atoms with Crippen molar-refractivity contribution in [3.63, 3.8) is 0 Å².